The van der Waals surface area contributed by atoms with E-state index in [1.807, 2.05) is 13.1 Å². The number of nitrogens with one attached hydrogen (secondary N) is 2. The molecule has 1 aromatic heterocycles. The van der Waals surface area contributed by atoms with Crippen molar-refractivity contribution >= 4 is 41.0 Å². The van der Waals surface area contributed by atoms with Gasteiger partial charge in [0.2, 0.25) is 0 Å². The second kappa shape index (κ2) is 7.99. The predicted molar refractivity (Wildman–Crippen MR) is 107 cm³/mol. The Morgan fingerprint density at radius 3 is 2.83 bits per heavy atom. The highest BCUT2D eigenvalue weighted by Crippen LogP contribution is 2.28. The van der Waals surface area contributed by atoms with Gasteiger partial charge in [-0.2, -0.15) is 0 Å². The Balaban J connectivity index is 0.00000192. The summed E-state index contributed by atoms with van der Waals surface area (Å²) in [4.78, 5) is 8.89. The van der Waals surface area contributed by atoms with Crippen LogP contribution in [-0.2, 0) is 6.54 Å². The molecule has 2 unspecified atom stereocenters. The number of fused-ring (bicyclic) bond motifs is 1. The van der Waals surface area contributed by atoms with Crippen molar-refractivity contribution in [3.8, 4) is 0 Å². The molecule has 0 saturated heterocycles. The van der Waals surface area contributed by atoms with Crippen molar-refractivity contribution in [3.63, 3.8) is 0 Å². The Morgan fingerprint density at radius 2 is 2.13 bits per heavy atom. The predicted octanol–water partition coefficient (Wildman–Crippen LogP) is 2.93. The maximum Gasteiger partial charge on any atom is 0.191 e. The first-order valence-corrected chi connectivity index (χ1v) is 8.08. The maximum atomic E-state index is 4.61. The van der Waals surface area contributed by atoms with Crippen LogP contribution in [0.3, 0.4) is 0 Å². The van der Waals surface area contributed by atoms with Gasteiger partial charge in [0.05, 0.1) is 11.0 Å². The van der Waals surface area contributed by atoms with E-state index in [-0.39, 0.29) is 24.0 Å². The number of hydrogen-bond acceptors (Lipinski definition) is 2. The standard InChI is InChI=1S/C17H25N5.HI/c1-12-11-15(12)21-17(18-3)19-9-6-10-22-13(2)20-14-7-4-5-8-16(14)22;/h4-5,7-8,12,15H,6,9-11H2,1-3H3,(H2,18,19,21);1H. The quantitative estimate of drug-likeness (QED) is 0.334. The van der Waals surface area contributed by atoms with Crippen LogP contribution >= 0.6 is 24.0 Å². The van der Waals surface area contributed by atoms with E-state index in [4.69, 9.17) is 0 Å². The van der Waals surface area contributed by atoms with Crippen molar-refractivity contribution in [1.82, 2.24) is 20.2 Å². The third kappa shape index (κ3) is 4.37. The molecule has 0 aliphatic heterocycles. The Kier molecular flexibility index (Phi) is 6.26. The van der Waals surface area contributed by atoms with Gasteiger partial charge in [0.25, 0.3) is 0 Å². The number of halogens is 1. The van der Waals surface area contributed by atoms with Crippen LogP contribution in [0.1, 0.15) is 25.6 Å². The third-order valence-electron chi connectivity index (χ3n) is 4.35. The average Bonchev–Trinajstić information content (AvgIpc) is 3.11. The lowest BCUT2D eigenvalue weighted by atomic mass is 10.3. The fourth-order valence-corrected chi connectivity index (χ4v) is 2.82. The fourth-order valence-electron chi connectivity index (χ4n) is 2.82. The zero-order valence-corrected chi connectivity index (χ0v) is 16.4. The molecular weight excluding hydrogens is 401 g/mol. The molecule has 23 heavy (non-hydrogen) atoms. The Labute approximate surface area is 155 Å². The average molecular weight is 427 g/mol. The van der Waals surface area contributed by atoms with Crippen molar-refractivity contribution in [2.75, 3.05) is 13.6 Å². The number of guanidine groups is 1. The van der Waals surface area contributed by atoms with Crippen LogP contribution in [0.4, 0.5) is 0 Å². The number of nitrogens with zero attached hydrogens (tertiary/aromatic N) is 3. The topological polar surface area (TPSA) is 54.2 Å². The van der Waals surface area contributed by atoms with Crippen molar-refractivity contribution in [2.45, 2.75) is 39.3 Å². The summed E-state index contributed by atoms with van der Waals surface area (Å²) in [7, 11) is 1.83. The number of benzene rings is 1. The summed E-state index contributed by atoms with van der Waals surface area (Å²) < 4.78 is 2.29. The molecule has 1 aromatic carbocycles. The number of aryl methyl sites for hydroxylation is 2. The molecule has 3 rings (SSSR count). The summed E-state index contributed by atoms with van der Waals surface area (Å²) in [5, 5.41) is 6.84. The molecule has 1 aliphatic carbocycles. The van der Waals surface area contributed by atoms with Gasteiger partial charge in [-0.1, -0.05) is 19.1 Å². The van der Waals surface area contributed by atoms with E-state index in [1.54, 1.807) is 0 Å². The third-order valence-corrected chi connectivity index (χ3v) is 4.35. The minimum Gasteiger partial charge on any atom is -0.356 e. The first kappa shape index (κ1) is 18.0. The van der Waals surface area contributed by atoms with Gasteiger partial charge in [0.15, 0.2) is 5.96 Å². The normalized spacial score (nSPS) is 20.2. The summed E-state index contributed by atoms with van der Waals surface area (Å²) in [5.74, 6) is 2.77. The molecular formula is C17H26IN5. The number of aromatic nitrogens is 2. The van der Waals surface area contributed by atoms with Crippen LogP contribution < -0.4 is 10.6 Å². The smallest absolute Gasteiger partial charge is 0.191 e. The van der Waals surface area contributed by atoms with Crippen molar-refractivity contribution in [2.24, 2.45) is 10.9 Å². The van der Waals surface area contributed by atoms with E-state index in [1.165, 1.54) is 11.9 Å². The molecule has 1 fully saturated rings. The summed E-state index contributed by atoms with van der Waals surface area (Å²) in [6, 6.07) is 8.92. The Morgan fingerprint density at radius 1 is 1.39 bits per heavy atom. The van der Waals surface area contributed by atoms with Gasteiger partial charge in [-0.3, -0.25) is 4.99 Å². The highest BCUT2D eigenvalue weighted by Gasteiger charge is 2.33. The zero-order valence-electron chi connectivity index (χ0n) is 14.0. The SMILES string of the molecule is CN=C(NCCCn1c(C)nc2ccccc21)NC1CC1C.I. The summed E-state index contributed by atoms with van der Waals surface area (Å²) in [6.45, 7) is 6.21. The van der Waals surface area contributed by atoms with Gasteiger partial charge in [0.1, 0.15) is 5.82 Å². The minimum atomic E-state index is 0. The monoisotopic (exact) mass is 427 g/mol. The van der Waals surface area contributed by atoms with Crippen LogP contribution in [0.15, 0.2) is 29.3 Å². The molecule has 2 atom stereocenters. The number of aliphatic imine (C=N–C) groups is 1. The molecule has 0 radical (unpaired) electrons. The lowest BCUT2D eigenvalue weighted by molar-refractivity contribution is 0.623. The lowest BCUT2D eigenvalue weighted by Gasteiger charge is -2.12. The van der Waals surface area contributed by atoms with E-state index < -0.39 is 0 Å². The second-order valence-corrected chi connectivity index (χ2v) is 6.12. The maximum absolute atomic E-state index is 4.61. The number of hydrogen-bond donors (Lipinski definition) is 2. The first-order valence-electron chi connectivity index (χ1n) is 8.08. The van der Waals surface area contributed by atoms with Crippen LogP contribution in [0.25, 0.3) is 11.0 Å². The summed E-state index contributed by atoms with van der Waals surface area (Å²) in [5.41, 5.74) is 2.29. The molecule has 0 amide bonds. The Hall–Kier alpha value is -1.31. The van der Waals surface area contributed by atoms with Crippen molar-refractivity contribution in [1.29, 1.82) is 0 Å². The van der Waals surface area contributed by atoms with E-state index in [0.717, 1.165) is 42.7 Å². The molecule has 1 aliphatic rings. The van der Waals surface area contributed by atoms with Crippen LogP contribution in [-0.4, -0.2) is 35.1 Å². The molecule has 0 bridgehead atoms. The van der Waals surface area contributed by atoms with E-state index in [9.17, 15) is 0 Å². The fraction of sp³-hybridized carbons (Fsp3) is 0.529. The molecule has 2 aromatic rings. The minimum absolute atomic E-state index is 0. The van der Waals surface area contributed by atoms with Gasteiger partial charge in [-0.15, -0.1) is 24.0 Å². The van der Waals surface area contributed by atoms with Gasteiger partial charge >= 0.3 is 0 Å². The summed E-state index contributed by atoms with van der Waals surface area (Å²) >= 11 is 0. The highest BCUT2D eigenvalue weighted by atomic mass is 127. The van der Waals surface area contributed by atoms with Crippen LogP contribution in [0, 0.1) is 12.8 Å². The van der Waals surface area contributed by atoms with Crippen LogP contribution in [0.5, 0.6) is 0 Å². The van der Waals surface area contributed by atoms with E-state index in [2.05, 4.69) is 57.2 Å². The van der Waals surface area contributed by atoms with Gasteiger partial charge in [-0.25, -0.2) is 4.98 Å². The summed E-state index contributed by atoms with van der Waals surface area (Å²) in [6.07, 6.45) is 2.29. The largest absolute Gasteiger partial charge is 0.356 e. The zero-order chi connectivity index (χ0) is 15.5. The second-order valence-electron chi connectivity index (χ2n) is 6.12. The number of para-hydroxylation sites is 2. The van der Waals surface area contributed by atoms with E-state index >= 15 is 0 Å². The number of imidazole rings is 1. The van der Waals surface area contributed by atoms with Gasteiger partial charge in [-0.05, 0) is 37.8 Å². The van der Waals surface area contributed by atoms with Gasteiger partial charge in [0, 0.05) is 26.2 Å². The first-order chi connectivity index (χ1) is 10.7. The number of rotatable bonds is 5. The lowest BCUT2D eigenvalue weighted by Crippen LogP contribution is -2.39. The van der Waals surface area contributed by atoms with Crippen molar-refractivity contribution < 1.29 is 0 Å². The van der Waals surface area contributed by atoms with E-state index in [0.29, 0.717) is 6.04 Å². The molecule has 2 N–H and O–H groups in total. The molecule has 1 heterocycles. The molecule has 1 saturated carbocycles. The highest BCUT2D eigenvalue weighted by molar-refractivity contribution is 14.0. The molecule has 6 heteroatoms. The van der Waals surface area contributed by atoms with Crippen molar-refractivity contribution in [3.05, 3.63) is 30.1 Å². The molecule has 0 spiro atoms. The van der Waals surface area contributed by atoms with Gasteiger partial charge < -0.3 is 15.2 Å². The Bertz CT molecular complexity index is 679. The molecule has 126 valence electrons. The van der Waals surface area contributed by atoms with Crippen LogP contribution in [0.2, 0.25) is 0 Å². The molecule has 5 nitrogen and oxygen atoms in total.